The highest BCUT2D eigenvalue weighted by atomic mass is 19.3. The van der Waals surface area contributed by atoms with Gasteiger partial charge in [0.2, 0.25) is 0 Å². The van der Waals surface area contributed by atoms with Gasteiger partial charge in [-0.05, 0) is 79.9 Å². The molecule has 1 nitrogen and oxygen atoms in total. The van der Waals surface area contributed by atoms with E-state index in [1.165, 1.54) is 108 Å². The van der Waals surface area contributed by atoms with Gasteiger partial charge in [-0.3, -0.25) is 0 Å². The molecule has 3 rings (SSSR count). The van der Waals surface area contributed by atoms with Gasteiger partial charge in [0, 0.05) is 0 Å². The largest absolute Gasteiger partial charge is 0.432 e. The summed E-state index contributed by atoms with van der Waals surface area (Å²) in [6.07, 6.45) is 22.9. The lowest BCUT2D eigenvalue weighted by molar-refractivity contribution is -0.0522. The number of halogens is 3. The lowest BCUT2D eigenvalue weighted by Crippen LogP contribution is -2.25. The molecule has 33 heavy (non-hydrogen) atoms. The zero-order chi connectivity index (χ0) is 23.5. The molecule has 0 spiro atoms. The number of hydrogen-bond acceptors (Lipinski definition) is 1. The van der Waals surface area contributed by atoms with E-state index < -0.39 is 12.4 Å². The Morgan fingerprint density at radius 2 is 1.36 bits per heavy atom. The lowest BCUT2D eigenvalue weighted by atomic mass is 9.68. The van der Waals surface area contributed by atoms with Gasteiger partial charge in [-0.25, -0.2) is 4.39 Å². The SMILES string of the molecule is CCCCCCCCCCC1CCC(C2CCC(c3ccc(OC(F)F)c(F)c3)CC2)CC1. The fourth-order valence-electron chi connectivity index (χ4n) is 6.40. The van der Waals surface area contributed by atoms with E-state index in [2.05, 4.69) is 11.7 Å². The minimum absolute atomic E-state index is 0.342. The fraction of sp³-hybridized carbons (Fsp3) is 0.793. The van der Waals surface area contributed by atoms with Gasteiger partial charge >= 0.3 is 6.61 Å². The number of alkyl halides is 2. The molecule has 2 fully saturated rings. The molecule has 0 unspecified atom stereocenters. The highest BCUT2D eigenvalue weighted by Gasteiger charge is 2.31. The Labute approximate surface area is 199 Å². The Morgan fingerprint density at radius 3 is 1.94 bits per heavy atom. The van der Waals surface area contributed by atoms with Crippen LogP contribution in [-0.4, -0.2) is 6.61 Å². The van der Waals surface area contributed by atoms with Crippen LogP contribution >= 0.6 is 0 Å². The number of hydrogen-bond donors (Lipinski definition) is 0. The van der Waals surface area contributed by atoms with Crippen LogP contribution in [0, 0.1) is 23.6 Å². The van der Waals surface area contributed by atoms with E-state index in [1.807, 2.05) is 0 Å². The van der Waals surface area contributed by atoms with Crippen LogP contribution in [0.2, 0.25) is 0 Å². The van der Waals surface area contributed by atoms with Crippen molar-refractivity contribution >= 4 is 0 Å². The Morgan fingerprint density at radius 1 is 0.788 bits per heavy atom. The van der Waals surface area contributed by atoms with Crippen molar-refractivity contribution in [2.24, 2.45) is 17.8 Å². The van der Waals surface area contributed by atoms with Gasteiger partial charge in [0.05, 0.1) is 0 Å². The first kappa shape index (κ1) is 26.4. The molecule has 0 N–H and O–H groups in total. The van der Waals surface area contributed by atoms with Crippen LogP contribution in [0.1, 0.15) is 128 Å². The van der Waals surface area contributed by atoms with Crippen LogP contribution in [0.3, 0.4) is 0 Å². The van der Waals surface area contributed by atoms with Crippen molar-refractivity contribution in [3.63, 3.8) is 0 Å². The van der Waals surface area contributed by atoms with Gasteiger partial charge in [-0.1, -0.05) is 83.6 Å². The van der Waals surface area contributed by atoms with Crippen LogP contribution in [0.4, 0.5) is 13.2 Å². The molecular weight excluding hydrogens is 421 g/mol. The molecule has 2 saturated carbocycles. The molecule has 4 heteroatoms. The number of ether oxygens (including phenoxy) is 1. The summed E-state index contributed by atoms with van der Waals surface area (Å²) >= 11 is 0. The van der Waals surface area contributed by atoms with Crippen LogP contribution in [0.15, 0.2) is 18.2 Å². The van der Waals surface area contributed by atoms with Gasteiger partial charge in [-0.15, -0.1) is 0 Å². The Balaban J connectivity index is 1.30. The molecule has 0 aliphatic heterocycles. The minimum Gasteiger partial charge on any atom is -0.432 e. The summed E-state index contributed by atoms with van der Waals surface area (Å²) in [6.45, 7) is -0.711. The Hall–Kier alpha value is -1.19. The van der Waals surface area contributed by atoms with E-state index in [4.69, 9.17) is 0 Å². The lowest BCUT2D eigenvalue weighted by Gasteiger charge is -2.38. The molecule has 188 valence electrons. The van der Waals surface area contributed by atoms with E-state index in [9.17, 15) is 13.2 Å². The van der Waals surface area contributed by atoms with E-state index in [-0.39, 0.29) is 5.75 Å². The summed E-state index contributed by atoms with van der Waals surface area (Å²) in [7, 11) is 0. The summed E-state index contributed by atoms with van der Waals surface area (Å²) in [6, 6.07) is 4.53. The first-order valence-corrected chi connectivity index (χ1v) is 13.8. The third-order valence-corrected chi connectivity index (χ3v) is 8.44. The van der Waals surface area contributed by atoms with E-state index in [0.29, 0.717) is 5.92 Å². The minimum atomic E-state index is -2.99. The second-order valence-electron chi connectivity index (χ2n) is 10.7. The van der Waals surface area contributed by atoms with Crippen molar-refractivity contribution in [2.45, 2.75) is 129 Å². The monoisotopic (exact) mass is 466 g/mol. The summed E-state index contributed by atoms with van der Waals surface area (Å²) in [5.41, 5.74) is 0.932. The topological polar surface area (TPSA) is 9.23 Å². The van der Waals surface area contributed by atoms with Crippen molar-refractivity contribution in [3.05, 3.63) is 29.6 Å². The normalized spacial score (nSPS) is 26.0. The average Bonchev–Trinajstić information content (AvgIpc) is 2.82. The summed E-state index contributed by atoms with van der Waals surface area (Å²) in [4.78, 5) is 0. The maximum absolute atomic E-state index is 14.1. The summed E-state index contributed by atoms with van der Waals surface area (Å²) < 4.78 is 43.0. The molecule has 2 aliphatic rings. The van der Waals surface area contributed by atoms with Gasteiger partial charge in [0.1, 0.15) is 0 Å². The quantitative estimate of drug-likeness (QED) is 0.263. The van der Waals surface area contributed by atoms with Crippen molar-refractivity contribution in [3.8, 4) is 5.75 Å². The predicted molar refractivity (Wildman–Crippen MR) is 130 cm³/mol. The molecular formula is C29H45F3O. The smallest absolute Gasteiger partial charge is 0.387 e. The maximum Gasteiger partial charge on any atom is 0.387 e. The van der Waals surface area contributed by atoms with Gasteiger partial charge in [-0.2, -0.15) is 8.78 Å². The molecule has 0 bridgehead atoms. The molecule has 1 aromatic rings. The molecule has 0 saturated heterocycles. The van der Waals surface area contributed by atoms with Gasteiger partial charge in [0.25, 0.3) is 0 Å². The molecule has 2 aliphatic carbocycles. The zero-order valence-corrected chi connectivity index (χ0v) is 20.7. The van der Waals surface area contributed by atoms with E-state index in [1.54, 1.807) is 6.07 Å². The molecule has 0 amide bonds. The van der Waals surface area contributed by atoms with Crippen LogP contribution in [-0.2, 0) is 0 Å². The van der Waals surface area contributed by atoms with Crippen molar-refractivity contribution in [1.29, 1.82) is 0 Å². The van der Waals surface area contributed by atoms with Gasteiger partial charge < -0.3 is 4.74 Å². The average molecular weight is 467 g/mol. The fourth-order valence-corrected chi connectivity index (χ4v) is 6.40. The molecule has 0 atom stereocenters. The summed E-state index contributed by atoms with van der Waals surface area (Å²) in [5, 5.41) is 0. The second-order valence-corrected chi connectivity index (χ2v) is 10.7. The van der Waals surface area contributed by atoms with Crippen molar-refractivity contribution < 1.29 is 17.9 Å². The highest BCUT2D eigenvalue weighted by Crippen LogP contribution is 2.45. The maximum atomic E-state index is 14.1. The molecule has 0 radical (unpaired) electrons. The predicted octanol–water partition coefficient (Wildman–Crippen LogP) is 10.0. The highest BCUT2D eigenvalue weighted by molar-refractivity contribution is 5.31. The summed E-state index contributed by atoms with van der Waals surface area (Å²) in [5.74, 6) is 1.95. The third-order valence-electron chi connectivity index (χ3n) is 8.44. The van der Waals surface area contributed by atoms with Crippen molar-refractivity contribution in [2.75, 3.05) is 0 Å². The molecule has 0 aromatic heterocycles. The van der Waals surface area contributed by atoms with E-state index >= 15 is 0 Å². The van der Waals surface area contributed by atoms with Gasteiger partial charge in [0.15, 0.2) is 11.6 Å². The van der Waals surface area contributed by atoms with Crippen LogP contribution in [0.25, 0.3) is 0 Å². The van der Waals surface area contributed by atoms with E-state index in [0.717, 1.165) is 36.2 Å². The van der Waals surface area contributed by atoms with Crippen LogP contribution < -0.4 is 4.74 Å². The number of rotatable bonds is 13. The third kappa shape index (κ3) is 8.83. The molecule has 0 heterocycles. The number of benzene rings is 1. The number of unbranched alkanes of at least 4 members (excludes halogenated alkanes) is 7. The first-order valence-electron chi connectivity index (χ1n) is 13.8. The first-order chi connectivity index (χ1) is 16.1. The van der Waals surface area contributed by atoms with Crippen LogP contribution in [0.5, 0.6) is 5.75 Å². The Bertz CT molecular complexity index is 661. The standard InChI is InChI=1S/C29H45F3O/c1-2-3-4-5-6-7-8-9-10-22-11-13-23(14-12-22)24-15-17-25(18-16-24)26-19-20-28(27(30)21-26)33-29(31)32/h19-25,29H,2-18H2,1H3. The second kappa shape index (κ2) is 14.3. The molecule has 1 aromatic carbocycles. The van der Waals surface area contributed by atoms with Crippen molar-refractivity contribution in [1.82, 2.24) is 0 Å². The Kier molecular flexibility index (Phi) is 11.4. The zero-order valence-electron chi connectivity index (χ0n) is 20.7.